The van der Waals surface area contributed by atoms with E-state index in [-0.39, 0.29) is 0 Å². The number of hydrogen-bond acceptors (Lipinski definition) is 5. The maximum absolute atomic E-state index is 6.45. The molecule has 0 amide bonds. The zero-order chi connectivity index (χ0) is 38.2. The summed E-state index contributed by atoms with van der Waals surface area (Å²) in [5.41, 5.74) is 11.7. The zero-order valence-corrected chi connectivity index (χ0v) is 31.9. The van der Waals surface area contributed by atoms with E-state index in [4.69, 9.17) is 19.4 Å². The summed E-state index contributed by atoms with van der Waals surface area (Å²) in [6.07, 6.45) is 0. The summed E-state index contributed by atoms with van der Waals surface area (Å²) in [5, 5.41) is 8.31. The molecular formula is C53H31N3OS. The van der Waals surface area contributed by atoms with E-state index in [0.29, 0.717) is 5.82 Å². The summed E-state index contributed by atoms with van der Waals surface area (Å²) in [4.78, 5) is 15.5. The second-order valence-corrected chi connectivity index (χ2v) is 15.8. The van der Waals surface area contributed by atoms with E-state index in [0.717, 1.165) is 72.4 Å². The minimum absolute atomic E-state index is 0.672. The molecule has 12 rings (SSSR count). The van der Waals surface area contributed by atoms with Gasteiger partial charge in [-0.3, -0.25) is 0 Å². The fourth-order valence-electron chi connectivity index (χ4n) is 8.54. The number of pyridine rings is 1. The first-order valence-corrected chi connectivity index (χ1v) is 20.2. The smallest absolute Gasteiger partial charge is 0.160 e. The van der Waals surface area contributed by atoms with E-state index < -0.39 is 0 Å². The average molecular weight is 758 g/mol. The number of para-hydroxylation sites is 3. The molecule has 0 N–H and O–H groups in total. The molecule has 0 aliphatic carbocycles. The highest BCUT2D eigenvalue weighted by molar-refractivity contribution is 7.26. The molecule has 270 valence electrons. The maximum atomic E-state index is 6.45. The molecule has 0 radical (unpaired) electrons. The van der Waals surface area contributed by atoms with Gasteiger partial charge in [-0.1, -0.05) is 146 Å². The van der Waals surface area contributed by atoms with Gasteiger partial charge in [-0.15, -0.1) is 11.3 Å². The van der Waals surface area contributed by atoms with Gasteiger partial charge in [0.25, 0.3) is 0 Å². The Hall–Kier alpha value is -7.47. The van der Waals surface area contributed by atoms with Gasteiger partial charge in [-0.2, -0.15) is 0 Å². The fraction of sp³-hybridized carbons (Fsp3) is 0. The Kier molecular flexibility index (Phi) is 7.37. The van der Waals surface area contributed by atoms with Crippen molar-refractivity contribution in [1.29, 1.82) is 0 Å². The summed E-state index contributed by atoms with van der Waals surface area (Å²) in [7, 11) is 0. The molecule has 58 heavy (non-hydrogen) atoms. The van der Waals surface area contributed by atoms with Crippen LogP contribution in [-0.2, 0) is 0 Å². The Morgan fingerprint density at radius 1 is 0.379 bits per heavy atom. The molecule has 0 spiro atoms. The van der Waals surface area contributed by atoms with Crippen LogP contribution in [0.1, 0.15) is 0 Å². The number of fused-ring (bicyclic) bond motifs is 10. The number of furan rings is 1. The van der Waals surface area contributed by atoms with Gasteiger partial charge in [-0.05, 0) is 53.6 Å². The third-order valence-electron chi connectivity index (χ3n) is 11.3. The predicted molar refractivity (Wildman–Crippen MR) is 242 cm³/mol. The third-order valence-corrected chi connectivity index (χ3v) is 12.4. The Labute approximate surface area is 337 Å². The lowest BCUT2D eigenvalue weighted by Crippen LogP contribution is -1.96. The maximum Gasteiger partial charge on any atom is 0.160 e. The SMILES string of the molecule is c1ccc(-c2nc(-c3ccc(-c4ccc5sc6ccc7c(-c8ccccc8)nc8ccccc8c7c6c5c4)cc3)cc(-c3cccc4c3oc3ccccc34)n2)cc1. The minimum Gasteiger partial charge on any atom is -0.455 e. The van der Waals surface area contributed by atoms with Gasteiger partial charge < -0.3 is 4.42 Å². The van der Waals surface area contributed by atoms with Crippen molar-refractivity contribution in [3.8, 4) is 56.3 Å². The van der Waals surface area contributed by atoms with E-state index in [1.165, 1.54) is 41.9 Å². The van der Waals surface area contributed by atoms with Gasteiger partial charge in [0.15, 0.2) is 5.82 Å². The summed E-state index contributed by atoms with van der Waals surface area (Å²) < 4.78 is 9.00. The number of hydrogen-bond donors (Lipinski definition) is 0. The van der Waals surface area contributed by atoms with Crippen molar-refractivity contribution < 1.29 is 4.42 Å². The monoisotopic (exact) mass is 757 g/mol. The van der Waals surface area contributed by atoms with E-state index in [2.05, 4.69) is 152 Å². The highest BCUT2D eigenvalue weighted by Gasteiger charge is 2.19. The third kappa shape index (κ3) is 5.25. The first kappa shape index (κ1) is 32.7. The predicted octanol–water partition coefficient (Wildman–Crippen LogP) is 14.8. The summed E-state index contributed by atoms with van der Waals surface area (Å²) in [5.74, 6) is 0.672. The molecular weight excluding hydrogens is 727 g/mol. The molecule has 4 nitrogen and oxygen atoms in total. The summed E-state index contributed by atoms with van der Waals surface area (Å²) in [6.45, 7) is 0. The topological polar surface area (TPSA) is 51.8 Å². The number of benzene rings is 8. The van der Waals surface area contributed by atoms with Crippen molar-refractivity contribution >= 4 is 75.1 Å². The number of thiophene rings is 1. The van der Waals surface area contributed by atoms with Gasteiger partial charge >= 0.3 is 0 Å². The molecule has 4 heterocycles. The van der Waals surface area contributed by atoms with Crippen LogP contribution in [0.2, 0.25) is 0 Å². The molecule has 0 bridgehead atoms. The Morgan fingerprint density at radius 3 is 1.90 bits per heavy atom. The summed E-state index contributed by atoms with van der Waals surface area (Å²) in [6, 6.07) is 66.0. The highest BCUT2D eigenvalue weighted by atomic mass is 32.1. The van der Waals surface area contributed by atoms with Crippen molar-refractivity contribution in [2.75, 3.05) is 0 Å². The molecule has 0 aliphatic heterocycles. The zero-order valence-electron chi connectivity index (χ0n) is 31.1. The van der Waals surface area contributed by atoms with E-state index >= 15 is 0 Å². The molecule has 12 aromatic rings. The van der Waals surface area contributed by atoms with Crippen LogP contribution in [-0.4, -0.2) is 15.0 Å². The van der Waals surface area contributed by atoms with Crippen LogP contribution < -0.4 is 0 Å². The normalized spacial score (nSPS) is 11.8. The van der Waals surface area contributed by atoms with Crippen LogP contribution >= 0.6 is 11.3 Å². The van der Waals surface area contributed by atoms with Crippen LogP contribution in [0.15, 0.2) is 192 Å². The van der Waals surface area contributed by atoms with Gasteiger partial charge in [-0.25, -0.2) is 15.0 Å². The number of aromatic nitrogens is 3. The second kappa shape index (κ2) is 13.1. The van der Waals surface area contributed by atoms with Gasteiger partial charge in [0, 0.05) is 69.4 Å². The van der Waals surface area contributed by atoms with Crippen LogP contribution in [0, 0.1) is 0 Å². The fourth-order valence-corrected chi connectivity index (χ4v) is 9.63. The molecule has 0 unspecified atom stereocenters. The van der Waals surface area contributed by atoms with Gasteiger partial charge in [0.2, 0.25) is 0 Å². The molecule has 0 fully saturated rings. The minimum atomic E-state index is 0.672. The van der Waals surface area contributed by atoms with Crippen molar-refractivity contribution in [3.05, 3.63) is 188 Å². The van der Waals surface area contributed by atoms with E-state index in [1.807, 2.05) is 47.7 Å². The Morgan fingerprint density at radius 2 is 1.05 bits per heavy atom. The van der Waals surface area contributed by atoms with E-state index in [1.54, 1.807) is 0 Å². The van der Waals surface area contributed by atoms with Crippen molar-refractivity contribution in [3.63, 3.8) is 0 Å². The van der Waals surface area contributed by atoms with Crippen LogP contribution in [0.5, 0.6) is 0 Å². The summed E-state index contributed by atoms with van der Waals surface area (Å²) >= 11 is 1.85. The average Bonchev–Trinajstić information content (AvgIpc) is 3.87. The molecule has 4 aromatic heterocycles. The van der Waals surface area contributed by atoms with Gasteiger partial charge in [0.1, 0.15) is 11.2 Å². The molecule has 0 aliphatic rings. The molecule has 0 saturated heterocycles. The first-order valence-electron chi connectivity index (χ1n) is 19.4. The number of rotatable bonds is 5. The standard InChI is InChI=1S/C53H31N3OS/c1-3-12-34(13-4-1)51-41-27-29-48-50(49(41)39-17-7-9-20-43(39)54-51)42-30-36(26-28-47(42)58-48)32-22-24-33(25-23-32)44-31-45(56-53(55-44)35-14-5-2-6-15-35)40-19-11-18-38-37-16-8-10-21-46(37)57-52(38)40/h1-31H. The number of nitrogens with zero attached hydrogens (tertiary/aromatic N) is 3. The van der Waals surface area contributed by atoms with E-state index in [9.17, 15) is 0 Å². The van der Waals surface area contributed by atoms with Crippen LogP contribution in [0.25, 0.3) is 120 Å². The Bertz CT molecular complexity index is 3550. The van der Waals surface area contributed by atoms with Crippen molar-refractivity contribution in [2.24, 2.45) is 0 Å². The largest absolute Gasteiger partial charge is 0.455 e. The molecule has 0 atom stereocenters. The molecule has 0 saturated carbocycles. The van der Waals surface area contributed by atoms with Crippen molar-refractivity contribution in [2.45, 2.75) is 0 Å². The first-order chi connectivity index (χ1) is 28.7. The Balaban J connectivity index is 0.995. The highest BCUT2D eigenvalue weighted by Crippen LogP contribution is 2.45. The lowest BCUT2D eigenvalue weighted by Gasteiger charge is -2.12. The lowest BCUT2D eigenvalue weighted by atomic mass is 9.95. The van der Waals surface area contributed by atoms with Gasteiger partial charge in [0.05, 0.1) is 22.6 Å². The van der Waals surface area contributed by atoms with Crippen LogP contribution in [0.3, 0.4) is 0 Å². The van der Waals surface area contributed by atoms with Crippen molar-refractivity contribution in [1.82, 2.24) is 15.0 Å². The second-order valence-electron chi connectivity index (χ2n) is 14.7. The quantitative estimate of drug-likeness (QED) is 0.164. The molecule has 8 aromatic carbocycles. The molecule has 5 heteroatoms. The lowest BCUT2D eigenvalue weighted by molar-refractivity contribution is 0.670. The van der Waals surface area contributed by atoms with Crippen LogP contribution in [0.4, 0.5) is 0 Å².